The fourth-order valence-electron chi connectivity index (χ4n) is 1.89. The molecular formula is C12H19N3O. The predicted molar refractivity (Wildman–Crippen MR) is 64.1 cm³/mol. The molecule has 88 valence electrons. The maximum Gasteiger partial charge on any atom is 0.267 e. The average Bonchev–Trinajstić information content (AvgIpc) is 2.97. The number of aromatic amines is 1. The number of hydrogen-bond donors (Lipinski definition) is 3. The first kappa shape index (κ1) is 11.0. The Morgan fingerprint density at radius 3 is 2.94 bits per heavy atom. The highest BCUT2D eigenvalue weighted by molar-refractivity contribution is 5.93. The molecule has 1 heterocycles. The minimum Gasteiger partial charge on any atom is -0.397 e. The van der Waals surface area contributed by atoms with E-state index in [2.05, 4.69) is 17.2 Å². The van der Waals surface area contributed by atoms with Crippen LogP contribution in [0.15, 0.2) is 12.3 Å². The topological polar surface area (TPSA) is 70.9 Å². The van der Waals surface area contributed by atoms with E-state index in [0.29, 0.717) is 17.4 Å². The molecule has 0 spiro atoms. The van der Waals surface area contributed by atoms with Crippen LogP contribution < -0.4 is 11.1 Å². The van der Waals surface area contributed by atoms with Crippen LogP contribution in [0.2, 0.25) is 0 Å². The molecule has 0 radical (unpaired) electrons. The number of carbonyl (C=O) groups is 1. The van der Waals surface area contributed by atoms with E-state index in [1.54, 1.807) is 12.3 Å². The number of H-pyrrole nitrogens is 1. The zero-order chi connectivity index (χ0) is 11.5. The van der Waals surface area contributed by atoms with E-state index >= 15 is 0 Å². The highest BCUT2D eigenvalue weighted by Crippen LogP contribution is 2.34. The molecule has 1 aliphatic carbocycles. The lowest BCUT2D eigenvalue weighted by atomic mass is 10.1. The summed E-state index contributed by atoms with van der Waals surface area (Å²) in [4.78, 5) is 14.7. The Hall–Kier alpha value is -1.45. The van der Waals surface area contributed by atoms with Gasteiger partial charge in [-0.15, -0.1) is 0 Å². The molecule has 0 saturated heterocycles. The van der Waals surface area contributed by atoms with E-state index in [1.807, 2.05) is 0 Å². The number of carbonyl (C=O) groups excluding carboxylic acids is 1. The van der Waals surface area contributed by atoms with Crippen molar-refractivity contribution in [1.82, 2.24) is 10.3 Å². The standard InChI is InChI=1S/C12H19N3O/c1-2-10(5-8-3-4-8)15-12(16)11-6-9(13)7-14-11/h6-8,10,14H,2-5,13H2,1H3,(H,15,16). The molecule has 0 aliphatic heterocycles. The summed E-state index contributed by atoms with van der Waals surface area (Å²) in [6.07, 6.45) is 6.37. The second kappa shape index (κ2) is 4.60. The lowest BCUT2D eigenvalue weighted by Gasteiger charge is -2.15. The number of amides is 1. The molecule has 4 heteroatoms. The van der Waals surface area contributed by atoms with E-state index in [9.17, 15) is 4.79 Å². The molecular weight excluding hydrogens is 202 g/mol. The second-order valence-electron chi connectivity index (χ2n) is 4.60. The summed E-state index contributed by atoms with van der Waals surface area (Å²) in [5.41, 5.74) is 6.70. The summed E-state index contributed by atoms with van der Waals surface area (Å²) in [6.45, 7) is 2.11. The summed E-state index contributed by atoms with van der Waals surface area (Å²) < 4.78 is 0. The van der Waals surface area contributed by atoms with Crippen molar-refractivity contribution in [2.75, 3.05) is 5.73 Å². The van der Waals surface area contributed by atoms with Crippen LogP contribution in [0.4, 0.5) is 5.69 Å². The Kier molecular flexibility index (Phi) is 3.17. The maximum atomic E-state index is 11.8. The molecule has 1 fully saturated rings. The van der Waals surface area contributed by atoms with Crippen molar-refractivity contribution in [2.45, 2.75) is 38.6 Å². The fraction of sp³-hybridized carbons (Fsp3) is 0.583. The van der Waals surface area contributed by atoms with Crippen LogP contribution in [0.25, 0.3) is 0 Å². The Bertz CT molecular complexity index is 368. The average molecular weight is 221 g/mol. The van der Waals surface area contributed by atoms with Gasteiger partial charge >= 0.3 is 0 Å². The van der Waals surface area contributed by atoms with Gasteiger partial charge in [0.15, 0.2) is 0 Å². The molecule has 1 aliphatic rings. The third-order valence-electron chi connectivity index (χ3n) is 3.09. The molecule has 1 saturated carbocycles. The van der Waals surface area contributed by atoms with E-state index in [-0.39, 0.29) is 5.91 Å². The SMILES string of the molecule is CCC(CC1CC1)NC(=O)c1cc(N)c[nH]1. The predicted octanol–water partition coefficient (Wildman–Crippen LogP) is 1.91. The summed E-state index contributed by atoms with van der Waals surface area (Å²) >= 11 is 0. The van der Waals surface area contributed by atoms with Gasteiger partial charge in [-0.25, -0.2) is 0 Å². The van der Waals surface area contributed by atoms with Crippen molar-refractivity contribution in [3.05, 3.63) is 18.0 Å². The molecule has 1 aromatic heterocycles. The van der Waals surface area contributed by atoms with Crippen molar-refractivity contribution in [2.24, 2.45) is 5.92 Å². The van der Waals surface area contributed by atoms with Gasteiger partial charge in [-0.3, -0.25) is 4.79 Å². The third-order valence-corrected chi connectivity index (χ3v) is 3.09. The normalized spacial score (nSPS) is 17.1. The zero-order valence-corrected chi connectivity index (χ0v) is 9.62. The smallest absolute Gasteiger partial charge is 0.267 e. The van der Waals surface area contributed by atoms with Crippen LogP contribution in [-0.2, 0) is 0 Å². The molecule has 1 atom stereocenters. The van der Waals surface area contributed by atoms with Crippen molar-refractivity contribution in [3.8, 4) is 0 Å². The van der Waals surface area contributed by atoms with Crippen molar-refractivity contribution >= 4 is 11.6 Å². The largest absolute Gasteiger partial charge is 0.397 e. The minimum absolute atomic E-state index is 0.0517. The fourth-order valence-corrected chi connectivity index (χ4v) is 1.89. The van der Waals surface area contributed by atoms with Crippen LogP contribution in [0, 0.1) is 5.92 Å². The van der Waals surface area contributed by atoms with Gasteiger partial charge in [0.05, 0.1) is 0 Å². The number of nitrogens with one attached hydrogen (secondary N) is 2. The monoisotopic (exact) mass is 221 g/mol. The first-order valence-electron chi connectivity index (χ1n) is 5.93. The Morgan fingerprint density at radius 1 is 1.69 bits per heavy atom. The van der Waals surface area contributed by atoms with Gasteiger partial charge < -0.3 is 16.0 Å². The first-order valence-corrected chi connectivity index (χ1v) is 5.93. The van der Waals surface area contributed by atoms with E-state index < -0.39 is 0 Å². The van der Waals surface area contributed by atoms with Crippen LogP contribution in [0.1, 0.15) is 43.1 Å². The minimum atomic E-state index is -0.0517. The van der Waals surface area contributed by atoms with Gasteiger partial charge in [0.1, 0.15) is 5.69 Å². The summed E-state index contributed by atoms with van der Waals surface area (Å²) in [5, 5.41) is 3.04. The molecule has 1 amide bonds. The third kappa shape index (κ3) is 2.78. The van der Waals surface area contributed by atoms with Gasteiger partial charge in [-0.2, -0.15) is 0 Å². The van der Waals surface area contributed by atoms with E-state index in [1.165, 1.54) is 12.8 Å². The number of rotatable bonds is 5. The summed E-state index contributed by atoms with van der Waals surface area (Å²) in [6, 6.07) is 1.96. The number of nitrogens with two attached hydrogens (primary N) is 1. The van der Waals surface area contributed by atoms with Crippen LogP contribution in [-0.4, -0.2) is 16.9 Å². The molecule has 4 nitrogen and oxygen atoms in total. The van der Waals surface area contributed by atoms with Crippen LogP contribution in [0.3, 0.4) is 0 Å². The molecule has 0 aromatic carbocycles. The summed E-state index contributed by atoms with van der Waals surface area (Å²) in [7, 11) is 0. The van der Waals surface area contributed by atoms with Crippen molar-refractivity contribution in [1.29, 1.82) is 0 Å². The zero-order valence-electron chi connectivity index (χ0n) is 9.62. The first-order chi connectivity index (χ1) is 7.69. The lowest BCUT2D eigenvalue weighted by molar-refractivity contribution is 0.0928. The molecule has 1 aromatic rings. The maximum absolute atomic E-state index is 11.8. The van der Waals surface area contributed by atoms with Crippen molar-refractivity contribution in [3.63, 3.8) is 0 Å². The molecule has 0 bridgehead atoms. The quantitative estimate of drug-likeness (QED) is 0.710. The van der Waals surface area contributed by atoms with E-state index in [0.717, 1.165) is 18.8 Å². The highest BCUT2D eigenvalue weighted by atomic mass is 16.1. The highest BCUT2D eigenvalue weighted by Gasteiger charge is 2.25. The van der Waals surface area contributed by atoms with Gasteiger partial charge in [0.25, 0.3) is 5.91 Å². The van der Waals surface area contributed by atoms with Crippen molar-refractivity contribution < 1.29 is 4.79 Å². The van der Waals surface area contributed by atoms with Gasteiger partial charge in [0.2, 0.25) is 0 Å². The number of hydrogen-bond acceptors (Lipinski definition) is 2. The molecule has 2 rings (SSSR count). The Labute approximate surface area is 95.6 Å². The Morgan fingerprint density at radius 2 is 2.44 bits per heavy atom. The Balaban J connectivity index is 1.89. The number of nitrogen functional groups attached to an aromatic ring is 1. The molecule has 4 N–H and O–H groups in total. The van der Waals surface area contributed by atoms with Crippen LogP contribution >= 0.6 is 0 Å². The second-order valence-corrected chi connectivity index (χ2v) is 4.60. The van der Waals surface area contributed by atoms with Gasteiger partial charge in [-0.1, -0.05) is 19.8 Å². The lowest BCUT2D eigenvalue weighted by Crippen LogP contribution is -2.34. The van der Waals surface area contributed by atoms with Crippen LogP contribution in [0.5, 0.6) is 0 Å². The van der Waals surface area contributed by atoms with E-state index in [4.69, 9.17) is 5.73 Å². The molecule has 1 unspecified atom stereocenters. The summed E-state index contributed by atoms with van der Waals surface area (Å²) in [5.74, 6) is 0.781. The number of anilines is 1. The number of aromatic nitrogens is 1. The van der Waals surface area contributed by atoms with Gasteiger partial charge in [0, 0.05) is 17.9 Å². The van der Waals surface area contributed by atoms with Gasteiger partial charge in [-0.05, 0) is 24.8 Å². The molecule has 16 heavy (non-hydrogen) atoms.